The Morgan fingerprint density at radius 1 is 0.779 bits per heavy atom. The minimum absolute atomic E-state index is 0.0677. The number of nitriles is 2. The summed E-state index contributed by atoms with van der Waals surface area (Å²) in [5.41, 5.74) is 4.00. The lowest BCUT2D eigenvalue weighted by atomic mass is 9.89. The highest BCUT2D eigenvalue weighted by atomic mass is 19.1. The molecule has 68 heavy (non-hydrogen) atoms. The number of halogens is 2. The van der Waals surface area contributed by atoms with Gasteiger partial charge in [-0.2, -0.15) is 15.1 Å². The van der Waals surface area contributed by atoms with E-state index in [9.17, 15) is 43.7 Å². The van der Waals surface area contributed by atoms with Gasteiger partial charge in [0.1, 0.15) is 17.3 Å². The molecule has 6 heterocycles. The van der Waals surface area contributed by atoms with E-state index < -0.39 is 52.9 Å². The molecular weight excluding hydrogens is 875 g/mol. The van der Waals surface area contributed by atoms with E-state index in [1.54, 1.807) is 49.1 Å². The largest absolute Gasteiger partial charge is 0.359 e. The van der Waals surface area contributed by atoms with Crippen molar-refractivity contribution in [2.75, 3.05) is 30.3 Å². The third kappa shape index (κ3) is 8.62. The molecule has 2 aliphatic heterocycles. The molecule has 342 valence electrons. The molecule has 0 spiro atoms. The fourth-order valence-electron chi connectivity index (χ4n) is 9.11. The third-order valence-corrected chi connectivity index (χ3v) is 12.4. The van der Waals surface area contributed by atoms with Gasteiger partial charge in [0.25, 0.3) is 23.4 Å². The number of rotatable bonds is 10. The smallest absolute Gasteiger partial charge is 0.295 e. The number of carbonyl (C=O) groups is 6. The summed E-state index contributed by atoms with van der Waals surface area (Å²) in [6, 6.07) is 14.5. The molecule has 6 aromatic rings. The average Bonchev–Trinajstić information content (AvgIpc) is 4.01. The molecule has 2 aliphatic rings. The number of nitrogens with zero attached hydrogens (tertiary/aromatic N) is 6. The predicted octanol–water partition coefficient (Wildman–Crippen LogP) is 6.86. The van der Waals surface area contributed by atoms with Crippen molar-refractivity contribution < 1.29 is 42.1 Å². The maximum absolute atomic E-state index is 16.4. The van der Waals surface area contributed by atoms with Crippen LogP contribution in [0.3, 0.4) is 0 Å². The number of ketones is 2. The molecule has 0 saturated carbocycles. The van der Waals surface area contributed by atoms with Crippen LogP contribution in [0, 0.1) is 34.3 Å². The van der Waals surface area contributed by atoms with Crippen LogP contribution in [0.4, 0.5) is 20.2 Å². The van der Waals surface area contributed by atoms with Crippen molar-refractivity contribution in [3.05, 3.63) is 125 Å². The number of likely N-dealkylation sites (tertiary alicyclic amines) is 2. The molecule has 8 rings (SSSR count). The Hall–Kier alpha value is -8.64. The maximum atomic E-state index is 16.4. The zero-order valence-electron chi connectivity index (χ0n) is 37.1. The second-order valence-electron chi connectivity index (χ2n) is 16.5. The lowest BCUT2D eigenvalue weighted by Crippen LogP contribution is -2.47. The van der Waals surface area contributed by atoms with Gasteiger partial charge in [0.05, 0.1) is 51.1 Å². The van der Waals surface area contributed by atoms with E-state index in [1.165, 1.54) is 46.7 Å². The summed E-state index contributed by atoms with van der Waals surface area (Å²) >= 11 is 0. The van der Waals surface area contributed by atoms with Gasteiger partial charge in [-0.25, -0.2) is 8.78 Å². The molecule has 2 fully saturated rings. The van der Waals surface area contributed by atoms with Gasteiger partial charge in [0.15, 0.2) is 12.4 Å². The van der Waals surface area contributed by atoms with E-state index in [-0.39, 0.29) is 82.5 Å². The van der Waals surface area contributed by atoms with E-state index in [0.717, 1.165) is 23.3 Å². The zero-order valence-corrected chi connectivity index (χ0v) is 37.1. The quantitative estimate of drug-likeness (QED) is 0.0486. The number of aromatic nitrogens is 4. The van der Waals surface area contributed by atoms with Crippen LogP contribution >= 0.6 is 0 Å². The Labute approximate surface area is 387 Å². The highest BCUT2D eigenvalue weighted by Gasteiger charge is 2.36. The molecule has 4 aromatic heterocycles. The Balaban J connectivity index is 1.00. The van der Waals surface area contributed by atoms with Crippen molar-refractivity contribution in [3.63, 3.8) is 0 Å². The molecule has 2 saturated heterocycles. The van der Waals surface area contributed by atoms with Crippen LogP contribution < -0.4 is 15.2 Å². The van der Waals surface area contributed by atoms with Gasteiger partial charge in [-0.1, -0.05) is 13.0 Å². The van der Waals surface area contributed by atoms with Gasteiger partial charge in [-0.3, -0.25) is 33.8 Å². The molecule has 1 atom stereocenters. The summed E-state index contributed by atoms with van der Waals surface area (Å²) < 4.78 is 32.8. The predicted molar refractivity (Wildman–Crippen MR) is 245 cm³/mol. The Bertz CT molecular complexity index is 3240. The Morgan fingerprint density at radius 3 is 2.01 bits per heavy atom. The first kappa shape index (κ1) is 45.9. The molecule has 1 unspecified atom stereocenters. The number of fused-ring (bicyclic) bond motifs is 2. The summed E-state index contributed by atoms with van der Waals surface area (Å²) in [6.45, 7) is 4.83. The van der Waals surface area contributed by atoms with Gasteiger partial charge < -0.3 is 30.4 Å². The number of benzene rings is 2. The number of hydrogen-bond donors (Lipinski definition) is 4. The van der Waals surface area contributed by atoms with Gasteiger partial charge in [0, 0.05) is 104 Å². The number of carbonyl (C=O) groups excluding carboxylic acids is 6. The zero-order chi connectivity index (χ0) is 48.4. The minimum atomic E-state index is -0.936. The summed E-state index contributed by atoms with van der Waals surface area (Å²) in [5.74, 6) is -6.00. The van der Waals surface area contributed by atoms with Crippen molar-refractivity contribution >= 4 is 79.5 Å². The number of pyridine rings is 2. The molecule has 0 bridgehead atoms. The minimum Gasteiger partial charge on any atom is -0.359 e. The summed E-state index contributed by atoms with van der Waals surface area (Å²) in [4.78, 5) is 91.6. The number of anilines is 2. The van der Waals surface area contributed by atoms with Crippen LogP contribution in [-0.2, 0) is 19.2 Å². The molecule has 2 aromatic carbocycles. The molecule has 16 nitrogen and oxygen atoms in total. The Morgan fingerprint density at radius 2 is 1.40 bits per heavy atom. The van der Waals surface area contributed by atoms with Gasteiger partial charge in [0.2, 0.25) is 17.5 Å². The lowest BCUT2D eigenvalue weighted by Gasteiger charge is -2.36. The van der Waals surface area contributed by atoms with E-state index >= 15 is 4.39 Å². The molecule has 0 aliphatic carbocycles. The first-order chi connectivity index (χ1) is 32.7. The van der Waals surface area contributed by atoms with Crippen LogP contribution in [0.15, 0.2) is 90.8 Å². The Kier molecular flexibility index (Phi) is 12.9. The normalized spacial score (nSPS) is 15.6. The summed E-state index contributed by atoms with van der Waals surface area (Å²) in [6.07, 6.45) is 10.6. The SMILES string of the molecule is CCC1CC(=C(C#N)c2cccnc2)CCN1C(=O)C(=O)c1c[nH]c2c(NC(C)=O)c(-[n+]3ccc(C(C#N)=C4CCN(C(=O)C(=O)c5c[nH]c6c(NC(C)=O)ccc(F)c56)CC4)cc3)cc(F)c12. The standard InChI is InChI=1S/C50H42F2N10O6/c1-4-33-20-31(35(23-54)32-6-5-14-55-24-32)13-19-62(33)50(68)48(66)37-26-57-46-43(37)39(52)21-41(45(46)59-28(3)64)60-15-9-29(10-16-60)34(22-53)30-11-17-61(18-12-30)49(67)47(65)36-25-56-44-40(58-27(2)63)8-7-38(51)42(36)44/h5-10,14-16,21,24-26,33H,4,11-13,17-20H2,1-3H3,(H3-,56,57,58,59,63,64,65,66,67,68)/p+1. The van der Waals surface area contributed by atoms with Crippen molar-refractivity contribution in [2.24, 2.45) is 0 Å². The van der Waals surface area contributed by atoms with Crippen LogP contribution in [0.5, 0.6) is 0 Å². The number of hydrogen-bond acceptors (Lipinski definition) is 9. The van der Waals surface area contributed by atoms with Crippen LogP contribution in [0.25, 0.3) is 38.6 Å². The first-order valence-electron chi connectivity index (χ1n) is 21.8. The van der Waals surface area contributed by atoms with Crippen molar-refractivity contribution in [1.29, 1.82) is 10.5 Å². The van der Waals surface area contributed by atoms with Gasteiger partial charge in [-0.05, 0) is 61.4 Å². The second kappa shape index (κ2) is 19.1. The molecular formula is C50H43F2N10O6+. The fraction of sp³-hybridized carbons (Fsp3) is 0.240. The average molecular weight is 918 g/mol. The molecule has 4 amide bonds. The van der Waals surface area contributed by atoms with Crippen LogP contribution in [-0.4, -0.2) is 85.6 Å². The van der Waals surface area contributed by atoms with E-state index in [2.05, 4.69) is 37.7 Å². The fourth-order valence-corrected chi connectivity index (χ4v) is 9.11. The third-order valence-electron chi connectivity index (χ3n) is 12.4. The number of piperidine rings is 2. The molecule has 18 heteroatoms. The van der Waals surface area contributed by atoms with Gasteiger partial charge >= 0.3 is 0 Å². The number of aromatic amines is 2. The highest BCUT2D eigenvalue weighted by molar-refractivity contribution is 6.45. The maximum Gasteiger partial charge on any atom is 0.295 e. The number of nitrogens with one attached hydrogen (secondary N) is 4. The number of allylic oxidation sites excluding steroid dienone is 2. The van der Waals surface area contributed by atoms with Crippen LogP contribution in [0.2, 0.25) is 0 Å². The number of amides is 4. The van der Waals surface area contributed by atoms with E-state index in [0.29, 0.717) is 41.5 Å². The van der Waals surface area contributed by atoms with Gasteiger partial charge in [-0.15, -0.1) is 0 Å². The van der Waals surface area contributed by atoms with E-state index in [4.69, 9.17) is 0 Å². The number of H-pyrrole nitrogens is 2. The topological polar surface area (TPSA) is 229 Å². The summed E-state index contributed by atoms with van der Waals surface area (Å²) in [5, 5.41) is 25.3. The molecule has 0 radical (unpaired) electrons. The first-order valence-corrected chi connectivity index (χ1v) is 21.8. The van der Waals surface area contributed by atoms with Crippen LogP contribution in [0.1, 0.15) is 84.7 Å². The molecule has 4 N–H and O–H groups in total. The van der Waals surface area contributed by atoms with E-state index in [1.807, 2.05) is 6.92 Å². The second-order valence-corrected chi connectivity index (χ2v) is 16.5. The van der Waals surface area contributed by atoms with Crippen molar-refractivity contribution in [1.82, 2.24) is 24.8 Å². The highest BCUT2D eigenvalue weighted by Crippen LogP contribution is 2.36. The van der Waals surface area contributed by atoms with Crippen molar-refractivity contribution in [3.8, 4) is 17.8 Å². The monoisotopic (exact) mass is 917 g/mol. The summed E-state index contributed by atoms with van der Waals surface area (Å²) in [7, 11) is 0. The number of Topliss-reactive ketones (excluding diaryl/α,β-unsaturated/α-hetero) is 2. The lowest BCUT2D eigenvalue weighted by molar-refractivity contribution is -0.594. The van der Waals surface area contributed by atoms with Crippen molar-refractivity contribution in [2.45, 2.75) is 58.9 Å².